The number of hydrogen-bond acceptors (Lipinski definition) is 4. The van der Waals surface area contributed by atoms with Crippen LogP contribution in [0.25, 0.3) is 0 Å². The van der Waals surface area contributed by atoms with Gasteiger partial charge in [-0.15, -0.1) is 0 Å². The van der Waals surface area contributed by atoms with E-state index in [-0.39, 0.29) is 6.10 Å². The van der Waals surface area contributed by atoms with Crippen molar-refractivity contribution in [2.24, 2.45) is 0 Å². The van der Waals surface area contributed by atoms with E-state index >= 15 is 0 Å². The molecular formula is C11H15NO3. The van der Waals surface area contributed by atoms with Crippen molar-refractivity contribution in [3.05, 3.63) is 23.4 Å². The minimum atomic E-state index is -0.570. The Balaban J connectivity index is 2.51. The maximum atomic E-state index is 9.79. The lowest BCUT2D eigenvalue weighted by molar-refractivity contribution is -0.0332. The molecule has 4 heteroatoms. The van der Waals surface area contributed by atoms with Crippen molar-refractivity contribution < 1.29 is 14.6 Å². The van der Waals surface area contributed by atoms with Gasteiger partial charge in [-0.05, 0) is 18.1 Å². The van der Waals surface area contributed by atoms with E-state index in [9.17, 15) is 5.11 Å². The predicted octanol–water partition coefficient (Wildman–Crippen LogP) is 1.60. The summed E-state index contributed by atoms with van der Waals surface area (Å²) in [6.45, 7) is 2.39. The second-order valence-electron chi connectivity index (χ2n) is 3.57. The highest BCUT2D eigenvalue weighted by Gasteiger charge is 2.29. The molecule has 4 nitrogen and oxygen atoms in total. The van der Waals surface area contributed by atoms with Crippen LogP contribution in [0.5, 0.6) is 5.88 Å². The van der Waals surface area contributed by atoms with E-state index in [1.165, 1.54) is 0 Å². The number of methoxy groups -OCH3 is 1. The van der Waals surface area contributed by atoms with E-state index in [0.717, 1.165) is 17.5 Å². The lowest BCUT2D eigenvalue weighted by Crippen LogP contribution is -2.21. The van der Waals surface area contributed by atoms with Gasteiger partial charge < -0.3 is 14.6 Å². The van der Waals surface area contributed by atoms with Gasteiger partial charge in [0, 0.05) is 11.8 Å². The summed E-state index contributed by atoms with van der Waals surface area (Å²) in [5, 5.41) is 9.79. The third-order valence-electron chi connectivity index (χ3n) is 2.69. The Morgan fingerprint density at radius 2 is 2.47 bits per heavy atom. The monoisotopic (exact) mass is 209 g/mol. The predicted molar refractivity (Wildman–Crippen MR) is 54.7 cm³/mol. The van der Waals surface area contributed by atoms with Gasteiger partial charge in [-0.1, -0.05) is 6.92 Å². The molecule has 0 bridgehead atoms. The third-order valence-corrected chi connectivity index (χ3v) is 2.69. The molecule has 0 aliphatic carbocycles. The highest BCUT2D eigenvalue weighted by molar-refractivity contribution is 5.39. The van der Waals surface area contributed by atoms with Crippen molar-refractivity contribution in [1.29, 1.82) is 0 Å². The first-order valence-corrected chi connectivity index (χ1v) is 5.10. The molecule has 1 N–H and O–H groups in total. The summed E-state index contributed by atoms with van der Waals surface area (Å²) in [5.41, 5.74) is 1.77. The van der Waals surface area contributed by atoms with E-state index in [1.54, 1.807) is 13.3 Å². The summed E-state index contributed by atoms with van der Waals surface area (Å²) in [4.78, 5) is 4.13. The maximum Gasteiger partial charge on any atom is 0.219 e. The van der Waals surface area contributed by atoms with Crippen LogP contribution in [-0.4, -0.2) is 23.8 Å². The van der Waals surface area contributed by atoms with Gasteiger partial charge in [0.1, 0.15) is 6.10 Å². The van der Waals surface area contributed by atoms with Crippen molar-refractivity contribution in [1.82, 2.24) is 4.98 Å². The number of aliphatic hydroxyl groups is 1. The van der Waals surface area contributed by atoms with E-state index < -0.39 is 6.10 Å². The van der Waals surface area contributed by atoms with Crippen molar-refractivity contribution in [3.63, 3.8) is 0 Å². The molecular weight excluding hydrogens is 194 g/mol. The normalized spacial score (nSPS) is 24.7. The Labute approximate surface area is 88.9 Å². The summed E-state index contributed by atoms with van der Waals surface area (Å²) in [6, 6.07) is 1.83. The number of hydrogen-bond donors (Lipinski definition) is 1. The fourth-order valence-electron chi connectivity index (χ4n) is 1.95. The molecule has 2 rings (SSSR count). The zero-order valence-corrected chi connectivity index (χ0v) is 8.93. The van der Waals surface area contributed by atoms with Crippen LogP contribution in [0.1, 0.15) is 36.7 Å². The van der Waals surface area contributed by atoms with Gasteiger partial charge in [0.15, 0.2) is 0 Å². The number of ether oxygens (including phenoxy) is 2. The fourth-order valence-corrected chi connectivity index (χ4v) is 1.95. The van der Waals surface area contributed by atoms with Gasteiger partial charge in [-0.2, -0.15) is 0 Å². The summed E-state index contributed by atoms with van der Waals surface area (Å²) >= 11 is 0. The number of aliphatic hydroxyl groups excluding tert-OH is 1. The van der Waals surface area contributed by atoms with Crippen molar-refractivity contribution in [3.8, 4) is 5.88 Å². The van der Waals surface area contributed by atoms with Crippen molar-refractivity contribution >= 4 is 0 Å². The Morgan fingerprint density at radius 1 is 1.67 bits per heavy atom. The van der Waals surface area contributed by atoms with Crippen LogP contribution in [-0.2, 0) is 4.74 Å². The molecule has 1 aliphatic rings. The van der Waals surface area contributed by atoms with Crippen LogP contribution >= 0.6 is 0 Å². The molecule has 1 aromatic heterocycles. The minimum absolute atomic E-state index is 0.0212. The number of fused-ring (bicyclic) bond motifs is 1. The average molecular weight is 209 g/mol. The number of rotatable bonds is 2. The van der Waals surface area contributed by atoms with Gasteiger partial charge >= 0.3 is 0 Å². The van der Waals surface area contributed by atoms with Gasteiger partial charge in [0.2, 0.25) is 5.88 Å². The summed E-state index contributed by atoms with van der Waals surface area (Å²) in [6.07, 6.45) is 1.91. The molecule has 15 heavy (non-hydrogen) atoms. The zero-order valence-electron chi connectivity index (χ0n) is 8.93. The molecule has 2 atom stereocenters. The Morgan fingerprint density at radius 3 is 3.13 bits per heavy atom. The minimum Gasteiger partial charge on any atom is -0.481 e. The first kappa shape index (κ1) is 10.4. The van der Waals surface area contributed by atoms with Crippen LogP contribution in [0.15, 0.2) is 12.3 Å². The molecule has 1 unspecified atom stereocenters. The molecule has 1 aliphatic heterocycles. The average Bonchev–Trinajstić information content (AvgIpc) is 2.29. The molecule has 0 saturated heterocycles. The standard InChI is InChI=1S/C11H15NO3/c1-3-9-10-7(8(13)6-15-9)4-5-12-11(10)14-2/h4-5,8-9,13H,3,6H2,1-2H3/t8?,9-/m0/s1. The molecule has 82 valence electrons. The van der Waals surface area contributed by atoms with Crippen LogP contribution in [0, 0.1) is 0 Å². The molecule has 0 amide bonds. The van der Waals surface area contributed by atoms with E-state index in [4.69, 9.17) is 9.47 Å². The number of pyridine rings is 1. The Bertz CT molecular complexity index is 354. The smallest absolute Gasteiger partial charge is 0.219 e. The van der Waals surface area contributed by atoms with Gasteiger partial charge in [-0.25, -0.2) is 4.98 Å². The highest BCUT2D eigenvalue weighted by Crippen LogP contribution is 2.38. The first-order valence-electron chi connectivity index (χ1n) is 5.10. The van der Waals surface area contributed by atoms with E-state index in [0.29, 0.717) is 12.5 Å². The second kappa shape index (κ2) is 4.16. The topological polar surface area (TPSA) is 51.6 Å². The molecule has 0 aromatic carbocycles. The molecule has 2 heterocycles. The second-order valence-corrected chi connectivity index (χ2v) is 3.57. The zero-order chi connectivity index (χ0) is 10.8. The molecule has 0 spiro atoms. The Hall–Kier alpha value is -1.13. The lowest BCUT2D eigenvalue weighted by atomic mass is 9.96. The maximum absolute atomic E-state index is 9.79. The van der Waals surface area contributed by atoms with Crippen LogP contribution in [0.3, 0.4) is 0 Å². The quantitative estimate of drug-likeness (QED) is 0.803. The SMILES string of the molecule is CC[C@@H]1OCC(O)c2ccnc(OC)c21. The number of aromatic nitrogens is 1. The first-order chi connectivity index (χ1) is 7.27. The highest BCUT2D eigenvalue weighted by atomic mass is 16.5. The van der Waals surface area contributed by atoms with E-state index in [1.807, 2.05) is 13.0 Å². The molecule has 0 radical (unpaired) electrons. The Kier molecular flexibility index (Phi) is 2.88. The largest absolute Gasteiger partial charge is 0.481 e. The summed E-state index contributed by atoms with van der Waals surface area (Å²) in [7, 11) is 1.58. The molecule has 1 aromatic rings. The number of nitrogens with zero attached hydrogens (tertiary/aromatic N) is 1. The third kappa shape index (κ3) is 1.70. The van der Waals surface area contributed by atoms with Crippen LogP contribution < -0.4 is 4.74 Å². The molecule has 0 saturated carbocycles. The van der Waals surface area contributed by atoms with Gasteiger partial charge in [0.25, 0.3) is 0 Å². The fraction of sp³-hybridized carbons (Fsp3) is 0.545. The van der Waals surface area contributed by atoms with Crippen LogP contribution in [0.4, 0.5) is 0 Å². The molecule has 0 fully saturated rings. The van der Waals surface area contributed by atoms with Crippen molar-refractivity contribution in [2.45, 2.75) is 25.6 Å². The van der Waals surface area contributed by atoms with Crippen LogP contribution in [0.2, 0.25) is 0 Å². The van der Waals surface area contributed by atoms with Gasteiger partial charge in [-0.3, -0.25) is 0 Å². The summed E-state index contributed by atoms with van der Waals surface area (Å²) < 4.78 is 10.7. The van der Waals surface area contributed by atoms with Crippen molar-refractivity contribution in [2.75, 3.05) is 13.7 Å². The summed E-state index contributed by atoms with van der Waals surface area (Å²) in [5.74, 6) is 0.554. The lowest BCUT2D eigenvalue weighted by Gasteiger charge is -2.29. The van der Waals surface area contributed by atoms with E-state index in [2.05, 4.69) is 4.98 Å². The van der Waals surface area contributed by atoms with Gasteiger partial charge in [0.05, 0.1) is 19.8 Å².